The van der Waals surface area contributed by atoms with E-state index in [0.717, 1.165) is 17.5 Å². The van der Waals surface area contributed by atoms with Crippen LogP contribution in [0.5, 0.6) is 0 Å². The molecule has 5 nitrogen and oxygen atoms in total. The van der Waals surface area contributed by atoms with Gasteiger partial charge in [0.1, 0.15) is 12.6 Å². The zero-order valence-electron chi connectivity index (χ0n) is 15.6. The molecule has 2 rings (SSSR count). The highest BCUT2D eigenvalue weighted by Gasteiger charge is 2.50. The van der Waals surface area contributed by atoms with Crippen molar-refractivity contribution in [3.8, 4) is 0 Å². The summed E-state index contributed by atoms with van der Waals surface area (Å²) in [6, 6.07) is 6.18. The van der Waals surface area contributed by atoms with E-state index < -0.39 is 6.09 Å². The third kappa shape index (κ3) is 3.46. The molecule has 0 radical (unpaired) electrons. The molecule has 1 aliphatic rings. The molecule has 1 heterocycles. The summed E-state index contributed by atoms with van der Waals surface area (Å²) < 4.78 is 5.59. The van der Waals surface area contributed by atoms with E-state index in [9.17, 15) is 9.90 Å². The van der Waals surface area contributed by atoms with Gasteiger partial charge in [0.25, 0.3) is 0 Å². The highest BCUT2D eigenvalue weighted by molar-refractivity contribution is 6.05. The Labute approximate surface area is 144 Å². The van der Waals surface area contributed by atoms with Crippen LogP contribution in [0.25, 0.3) is 0 Å². The molecule has 0 bridgehead atoms. The van der Waals surface area contributed by atoms with Crippen molar-refractivity contribution in [2.75, 3.05) is 6.54 Å². The van der Waals surface area contributed by atoms with E-state index in [0.29, 0.717) is 18.7 Å². The van der Waals surface area contributed by atoms with Gasteiger partial charge in [-0.2, -0.15) is 9.79 Å². The summed E-state index contributed by atoms with van der Waals surface area (Å²) in [5.41, 5.74) is 2.44. The first-order valence-electron chi connectivity index (χ1n) is 8.58. The second-order valence-corrected chi connectivity index (χ2v) is 7.50. The maximum atomic E-state index is 12.5. The lowest BCUT2D eigenvalue weighted by Gasteiger charge is -2.38. The van der Waals surface area contributed by atoms with Gasteiger partial charge in [0.15, 0.2) is 5.69 Å². The van der Waals surface area contributed by atoms with Crippen LogP contribution in [0.2, 0.25) is 0 Å². The highest BCUT2D eigenvalue weighted by Crippen LogP contribution is 2.33. The lowest BCUT2D eigenvalue weighted by atomic mass is 9.97. The zero-order valence-corrected chi connectivity index (χ0v) is 15.6. The van der Waals surface area contributed by atoms with Gasteiger partial charge in [0, 0.05) is 18.6 Å². The molecule has 0 spiro atoms. The van der Waals surface area contributed by atoms with Crippen LogP contribution in [0.1, 0.15) is 51.7 Å². The van der Waals surface area contributed by atoms with Crippen molar-refractivity contribution in [2.24, 2.45) is 4.99 Å². The van der Waals surface area contributed by atoms with Crippen LogP contribution < -0.4 is 4.48 Å². The summed E-state index contributed by atoms with van der Waals surface area (Å²) in [6.45, 7) is 12.4. The molecule has 1 aromatic carbocycles. The number of benzene rings is 1. The van der Waals surface area contributed by atoms with E-state index in [1.165, 1.54) is 0 Å². The maximum absolute atomic E-state index is 12.5. The predicted octanol–water partition coefficient (Wildman–Crippen LogP) is 4.64. The fourth-order valence-electron chi connectivity index (χ4n) is 3.56. The Morgan fingerprint density at radius 2 is 1.92 bits per heavy atom. The van der Waals surface area contributed by atoms with Crippen LogP contribution in [0.3, 0.4) is 0 Å². The van der Waals surface area contributed by atoms with E-state index in [4.69, 9.17) is 9.73 Å². The van der Waals surface area contributed by atoms with Crippen LogP contribution in [-0.2, 0) is 4.74 Å². The Hall–Kier alpha value is -1.88. The molecule has 132 valence electrons. The first-order chi connectivity index (χ1) is 11.1. The van der Waals surface area contributed by atoms with Gasteiger partial charge in [-0.15, -0.1) is 4.48 Å². The molecule has 0 saturated carbocycles. The molecule has 1 amide bonds. The molecule has 5 heteroatoms. The number of ether oxygens (including phenoxy) is 1. The van der Waals surface area contributed by atoms with Crippen molar-refractivity contribution in [1.29, 1.82) is 0 Å². The fraction of sp³-hybridized carbons (Fsp3) is 0.579. The molecule has 1 N–H and O–H groups in total. The number of aliphatic imine (C=N–C) groups is 1. The zero-order chi connectivity index (χ0) is 18.1. The van der Waals surface area contributed by atoms with Gasteiger partial charge in [0.05, 0.1) is 5.54 Å². The minimum absolute atomic E-state index is 0.0629. The summed E-state index contributed by atoms with van der Waals surface area (Å²) >= 11 is 0. The van der Waals surface area contributed by atoms with Gasteiger partial charge in [-0.1, -0.05) is 13.0 Å². The van der Waals surface area contributed by atoms with Crippen molar-refractivity contribution >= 4 is 17.8 Å². The molecule has 1 aliphatic heterocycles. The molecule has 0 aliphatic carbocycles. The lowest BCUT2D eigenvalue weighted by Crippen LogP contribution is -2.62. The summed E-state index contributed by atoms with van der Waals surface area (Å²) in [5.74, 6) is 0. The van der Waals surface area contributed by atoms with Gasteiger partial charge >= 0.3 is 12.1 Å². The van der Waals surface area contributed by atoms with E-state index in [2.05, 4.69) is 0 Å². The number of hydrogen-bond acceptors (Lipinski definition) is 3. The number of amidine groups is 1. The molecule has 2 unspecified atom stereocenters. The van der Waals surface area contributed by atoms with Crippen LogP contribution in [0.4, 0.5) is 10.5 Å². The summed E-state index contributed by atoms with van der Waals surface area (Å²) in [4.78, 5) is 17.2. The maximum Gasteiger partial charge on any atom is 0.528 e. The Morgan fingerprint density at radius 3 is 2.38 bits per heavy atom. The first-order valence-corrected chi connectivity index (χ1v) is 8.58. The SMILES string of the molecule is CCC[N+](C(=O)O)(C1=NC(C)(C)CC(C)O1)c1cc(C)cc(C)c1. The average molecular weight is 333 g/mol. The second-order valence-electron chi connectivity index (χ2n) is 7.50. The van der Waals surface area contributed by atoms with Crippen LogP contribution in [-0.4, -0.2) is 35.4 Å². The normalized spacial score (nSPS) is 22.2. The molecule has 1 aromatic rings. The van der Waals surface area contributed by atoms with Gasteiger partial charge in [-0.05, 0) is 52.2 Å². The Morgan fingerprint density at radius 1 is 1.33 bits per heavy atom. The number of hydrogen-bond donors (Lipinski definition) is 1. The van der Waals surface area contributed by atoms with Gasteiger partial charge in [-0.3, -0.25) is 0 Å². The summed E-state index contributed by atoms with van der Waals surface area (Å²) in [7, 11) is 0. The highest BCUT2D eigenvalue weighted by atomic mass is 16.5. The summed E-state index contributed by atoms with van der Waals surface area (Å²) in [6.07, 6.45) is 0.462. The third-order valence-corrected chi connectivity index (χ3v) is 4.35. The number of carbonyl (C=O) groups is 1. The van der Waals surface area contributed by atoms with Gasteiger partial charge in [0.2, 0.25) is 0 Å². The largest absolute Gasteiger partial charge is 0.528 e. The molecule has 0 saturated heterocycles. The van der Waals surface area contributed by atoms with Gasteiger partial charge < -0.3 is 9.84 Å². The smallest absolute Gasteiger partial charge is 0.435 e. The van der Waals surface area contributed by atoms with Crippen molar-refractivity contribution in [1.82, 2.24) is 4.48 Å². The van der Waals surface area contributed by atoms with E-state index >= 15 is 0 Å². The molecule has 0 aromatic heterocycles. The lowest BCUT2D eigenvalue weighted by molar-refractivity contribution is 0.103. The Bertz CT molecular complexity index is 646. The van der Waals surface area contributed by atoms with Crippen LogP contribution >= 0.6 is 0 Å². The number of quaternary nitrogens is 1. The fourth-order valence-corrected chi connectivity index (χ4v) is 3.56. The second kappa shape index (κ2) is 6.55. The molecular formula is C19H29N2O3+. The van der Waals surface area contributed by atoms with Crippen molar-refractivity contribution in [2.45, 2.75) is 66.0 Å². The number of nitrogens with zero attached hydrogens (tertiary/aromatic N) is 2. The molecule has 0 fully saturated rings. The minimum Gasteiger partial charge on any atom is -0.435 e. The third-order valence-electron chi connectivity index (χ3n) is 4.35. The van der Waals surface area contributed by atoms with Crippen LogP contribution in [0, 0.1) is 13.8 Å². The van der Waals surface area contributed by atoms with Crippen molar-refractivity contribution in [3.63, 3.8) is 0 Å². The summed E-state index contributed by atoms with van der Waals surface area (Å²) in [5, 5.41) is 10.2. The number of carboxylic acid groups (broad SMARTS) is 1. The van der Waals surface area contributed by atoms with E-state index in [1.807, 2.05) is 59.7 Å². The molecular weight excluding hydrogens is 304 g/mol. The van der Waals surface area contributed by atoms with Crippen LogP contribution in [0.15, 0.2) is 23.2 Å². The predicted molar refractivity (Wildman–Crippen MR) is 97.6 cm³/mol. The average Bonchev–Trinajstić information content (AvgIpc) is 2.40. The Balaban J connectivity index is 2.72. The monoisotopic (exact) mass is 333 g/mol. The van der Waals surface area contributed by atoms with Gasteiger partial charge in [-0.25, -0.2) is 0 Å². The minimum atomic E-state index is -0.953. The van der Waals surface area contributed by atoms with E-state index in [1.54, 1.807) is 0 Å². The van der Waals surface area contributed by atoms with Crippen molar-refractivity contribution < 1.29 is 14.6 Å². The topological polar surface area (TPSA) is 58.9 Å². The quantitative estimate of drug-likeness (QED) is 0.820. The standard InChI is InChI=1S/C19H28N2O3/c1-7-8-21(18(22)23,16-10-13(2)9-14(3)11-16)17-20-19(5,6)12-15(4)24-17/h9-11,15H,7-8,12H2,1-6H3/p+1. The first kappa shape index (κ1) is 18.5. The van der Waals surface area contributed by atoms with Crippen molar-refractivity contribution in [3.05, 3.63) is 29.3 Å². The number of rotatable bonds is 3. The Kier molecular flexibility index (Phi) is 5.04. The number of amides is 1. The van der Waals surface area contributed by atoms with E-state index in [-0.39, 0.29) is 22.1 Å². The molecule has 2 atom stereocenters. The number of aryl methyl sites for hydroxylation is 2. The molecule has 24 heavy (non-hydrogen) atoms.